The van der Waals surface area contributed by atoms with Gasteiger partial charge >= 0.3 is 0 Å². The number of hydrogen-bond acceptors (Lipinski definition) is 3. The summed E-state index contributed by atoms with van der Waals surface area (Å²) in [6.45, 7) is 3.73. The van der Waals surface area contributed by atoms with Gasteiger partial charge in [0.1, 0.15) is 5.75 Å². The molecule has 0 saturated carbocycles. The van der Waals surface area contributed by atoms with E-state index in [2.05, 4.69) is 12.2 Å². The molecule has 0 aliphatic heterocycles. The molecule has 21 heavy (non-hydrogen) atoms. The van der Waals surface area contributed by atoms with Crippen LogP contribution < -0.4 is 10.1 Å². The van der Waals surface area contributed by atoms with Crippen LogP contribution in [0, 0.1) is 0 Å². The zero-order chi connectivity index (χ0) is 15.1. The van der Waals surface area contributed by atoms with Gasteiger partial charge in [0.25, 0.3) is 0 Å². The maximum atomic E-state index is 9.14. The molecule has 0 amide bonds. The van der Waals surface area contributed by atoms with Crippen LogP contribution in [0.1, 0.15) is 18.1 Å². The Morgan fingerprint density at radius 1 is 1.10 bits per heavy atom. The number of para-hydroxylation sites is 2. The molecule has 2 N–H and O–H groups in total. The average molecular weight is 306 g/mol. The summed E-state index contributed by atoms with van der Waals surface area (Å²) in [6.07, 6.45) is 0.559. The second kappa shape index (κ2) is 8.03. The zero-order valence-electron chi connectivity index (χ0n) is 12.1. The molecule has 0 fully saturated rings. The molecule has 0 aliphatic carbocycles. The molecule has 0 unspecified atom stereocenters. The van der Waals surface area contributed by atoms with Crippen LogP contribution in [0.25, 0.3) is 0 Å². The first-order valence-electron chi connectivity index (χ1n) is 7.11. The van der Waals surface area contributed by atoms with E-state index in [1.807, 2.05) is 42.5 Å². The predicted molar refractivity (Wildman–Crippen MR) is 86.1 cm³/mol. The monoisotopic (exact) mass is 305 g/mol. The van der Waals surface area contributed by atoms with Crippen LogP contribution in [0.15, 0.2) is 42.5 Å². The molecule has 2 aromatic rings. The molecular formula is C17H20ClNO2. The number of halogens is 1. The number of aliphatic hydroxyl groups excluding tert-OH is 1. The van der Waals surface area contributed by atoms with E-state index in [4.69, 9.17) is 21.4 Å². The number of nitrogens with one attached hydrogen (secondary N) is 1. The minimum atomic E-state index is 0.0904. The van der Waals surface area contributed by atoms with E-state index >= 15 is 0 Å². The lowest BCUT2D eigenvalue weighted by atomic mass is 10.1. The summed E-state index contributed by atoms with van der Waals surface area (Å²) < 4.78 is 6.04. The Hall–Kier alpha value is -1.55. The maximum absolute atomic E-state index is 9.14. The van der Waals surface area contributed by atoms with E-state index in [0.29, 0.717) is 23.7 Å². The number of rotatable bonds is 7. The van der Waals surface area contributed by atoms with Gasteiger partial charge in [0.15, 0.2) is 5.75 Å². The first-order valence-corrected chi connectivity index (χ1v) is 7.48. The van der Waals surface area contributed by atoms with Crippen LogP contribution in [-0.4, -0.2) is 18.3 Å². The van der Waals surface area contributed by atoms with E-state index in [-0.39, 0.29) is 6.61 Å². The lowest BCUT2D eigenvalue weighted by molar-refractivity contribution is 0.298. The van der Waals surface area contributed by atoms with Crippen molar-refractivity contribution in [3.8, 4) is 11.5 Å². The highest BCUT2D eigenvalue weighted by Gasteiger charge is 2.11. The first kappa shape index (κ1) is 15.8. The highest BCUT2D eigenvalue weighted by atomic mass is 35.5. The van der Waals surface area contributed by atoms with E-state index < -0.39 is 0 Å². The Bertz CT molecular complexity index is 587. The average Bonchev–Trinajstić information content (AvgIpc) is 2.50. The van der Waals surface area contributed by atoms with E-state index in [0.717, 1.165) is 23.4 Å². The molecule has 2 aromatic carbocycles. The summed E-state index contributed by atoms with van der Waals surface area (Å²) in [6, 6.07) is 13.4. The smallest absolute Gasteiger partial charge is 0.150 e. The lowest BCUT2D eigenvalue weighted by Gasteiger charge is -2.15. The summed E-state index contributed by atoms with van der Waals surface area (Å²) in [5, 5.41) is 13.0. The van der Waals surface area contributed by atoms with Gasteiger partial charge in [-0.1, -0.05) is 48.9 Å². The Balaban J connectivity index is 2.30. The summed E-state index contributed by atoms with van der Waals surface area (Å²) in [5.74, 6) is 1.41. The van der Waals surface area contributed by atoms with Crippen LogP contribution in [0.5, 0.6) is 11.5 Å². The Labute approximate surface area is 130 Å². The van der Waals surface area contributed by atoms with Crippen molar-refractivity contribution in [2.24, 2.45) is 0 Å². The van der Waals surface area contributed by atoms with Gasteiger partial charge in [-0.3, -0.25) is 0 Å². The van der Waals surface area contributed by atoms with Crippen molar-refractivity contribution in [3.63, 3.8) is 0 Å². The van der Waals surface area contributed by atoms with Gasteiger partial charge in [-0.25, -0.2) is 0 Å². The van der Waals surface area contributed by atoms with Crippen LogP contribution in [-0.2, 0) is 13.0 Å². The van der Waals surface area contributed by atoms with Crippen molar-refractivity contribution in [1.82, 2.24) is 5.32 Å². The quantitative estimate of drug-likeness (QED) is 0.818. The number of hydrogen-bond donors (Lipinski definition) is 2. The molecule has 0 heterocycles. The number of ether oxygens (including phenoxy) is 1. The highest BCUT2D eigenvalue weighted by Crippen LogP contribution is 2.34. The minimum Gasteiger partial charge on any atom is -0.455 e. The van der Waals surface area contributed by atoms with Crippen molar-refractivity contribution in [1.29, 1.82) is 0 Å². The molecule has 0 aliphatic rings. The molecule has 4 heteroatoms. The normalized spacial score (nSPS) is 10.6. The predicted octanol–water partition coefficient (Wildman–Crippen LogP) is 3.78. The molecule has 0 saturated heterocycles. The van der Waals surface area contributed by atoms with Gasteiger partial charge in [0.2, 0.25) is 0 Å². The Kier molecular flexibility index (Phi) is 6.05. The number of benzene rings is 2. The fraction of sp³-hybridized carbons (Fsp3) is 0.294. The molecule has 0 bridgehead atoms. The second-order valence-corrected chi connectivity index (χ2v) is 5.10. The van der Waals surface area contributed by atoms with Gasteiger partial charge in [-0.15, -0.1) is 0 Å². The van der Waals surface area contributed by atoms with Crippen LogP contribution in [0.4, 0.5) is 0 Å². The largest absolute Gasteiger partial charge is 0.455 e. The van der Waals surface area contributed by atoms with Crippen molar-refractivity contribution in [2.75, 3.05) is 13.2 Å². The highest BCUT2D eigenvalue weighted by molar-refractivity contribution is 6.32. The molecule has 0 radical (unpaired) electrons. The van der Waals surface area contributed by atoms with Crippen molar-refractivity contribution in [3.05, 3.63) is 58.6 Å². The Morgan fingerprint density at radius 3 is 2.62 bits per heavy atom. The fourth-order valence-electron chi connectivity index (χ4n) is 2.11. The topological polar surface area (TPSA) is 41.5 Å². The molecule has 2 rings (SSSR count). The van der Waals surface area contributed by atoms with E-state index in [1.54, 1.807) is 0 Å². The third-order valence-corrected chi connectivity index (χ3v) is 3.48. The van der Waals surface area contributed by atoms with Gasteiger partial charge in [-0.05, 0) is 30.7 Å². The lowest BCUT2D eigenvalue weighted by Crippen LogP contribution is -2.12. The fourth-order valence-corrected chi connectivity index (χ4v) is 2.34. The third kappa shape index (κ3) is 4.21. The van der Waals surface area contributed by atoms with Crippen molar-refractivity contribution < 1.29 is 9.84 Å². The molecule has 0 aromatic heterocycles. The standard InChI is InChI=1S/C17H20ClNO2/c1-2-19-12-14-7-5-8-15(18)17(14)21-16-9-4-3-6-13(16)10-11-20/h3-9,19-20H,2,10-12H2,1H3. The summed E-state index contributed by atoms with van der Waals surface area (Å²) in [7, 11) is 0. The van der Waals surface area contributed by atoms with E-state index in [1.165, 1.54) is 0 Å². The summed E-state index contributed by atoms with van der Waals surface area (Å²) in [5.41, 5.74) is 1.98. The summed E-state index contributed by atoms with van der Waals surface area (Å²) in [4.78, 5) is 0. The third-order valence-electron chi connectivity index (χ3n) is 3.18. The molecule has 0 atom stereocenters. The molecular weight excluding hydrogens is 286 g/mol. The Morgan fingerprint density at radius 2 is 1.86 bits per heavy atom. The van der Waals surface area contributed by atoms with Gasteiger partial charge in [-0.2, -0.15) is 0 Å². The molecule has 112 valence electrons. The maximum Gasteiger partial charge on any atom is 0.150 e. The van der Waals surface area contributed by atoms with E-state index in [9.17, 15) is 0 Å². The minimum absolute atomic E-state index is 0.0904. The van der Waals surface area contributed by atoms with Crippen molar-refractivity contribution >= 4 is 11.6 Å². The van der Waals surface area contributed by atoms with Gasteiger partial charge in [0, 0.05) is 18.7 Å². The van der Waals surface area contributed by atoms with Gasteiger partial charge in [0.05, 0.1) is 5.02 Å². The molecule has 0 spiro atoms. The SMILES string of the molecule is CCNCc1cccc(Cl)c1Oc1ccccc1CCO. The zero-order valence-corrected chi connectivity index (χ0v) is 12.9. The first-order chi connectivity index (χ1) is 10.3. The van der Waals surface area contributed by atoms with Crippen LogP contribution >= 0.6 is 11.6 Å². The van der Waals surface area contributed by atoms with Crippen molar-refractivity contribution in [2.45, 2.75) is 19.9 Å². The van der Waals surface area contributed by atoms with Crippen LogP contribution in [0.2, 0.25) is 5.02 Å². The van der Waals surface area contributed by atoms with Gasteiger partial charge < -0.3 is 15.2 Å². The summed E-state index contributed by atoms with van der Waals surface area (Å²) >= 11 is 6.29. The van der Waals surface area contributed by atoms with Crippen LogP contribution in [0.3, 0.4) is 0 Å². The molecule has 3 nitrogen and oxygen atoms in total. The number of aliphatic hydroxyl groups is 1. The second-order valence-electron chi connectivity index (χ2n) is 4.69.